The Labute approximate surface area is 125 Å². The minimum atomic E-state index is -0.324. The van der Waals surface area contributed by atoms with Gasteiger partial charge in [0.2, 0.25) is 5.91 Å². The van der Waals surface area contributed by atoms with Crippen LogP contribution in [0.25, 0.3) is 0 Å². The van der Waals surface area contributed by atoms with Gasteiger partial charge in [-0.1, -0.05) is 12.1 Å². The van der Waals surface area contributed by atoms with Crippen LogP contribution in [0.15, 0.2) is 18.2 Å². The third-order valence-corrected chi connectivity index (χ3v) is 6.68. The molecule has 1 heterocycles. The van der Waals surface area contributed by atoms with E-state index in [-0.39, 0.29) is 12.0 Å². The van der Waals surface area contributed by atoms with Crippen molar-refractivity contribution in [2.75, 3.05) is 11.9 Å². The summed E-state index contributed by atoms with van der Waals surface area (Å²) in [5.41, 5.74) is 3.11. The first kappa shape index (κ1) is 12.2. The van der Waals surface area contributed by atoms with Gasteiger partial charge < -0.3 is 10.0 Å². The topological polar surface area (TPSA) is 40.5 Å². The molecule has 0 radical (unpaired) electrons. The summed E-state index contributed by atoms with van der Waals surface area (Å²) in [6.45, 7) is 0. The zero-order valence-electron chi connectivity index (χ0n) is 12.3. The van der Waals surface area contributed by atoms with Gasteiger partial charge in [0, 0.05) is 12.7 Å². The van der Waals surface area contributed by atoms with E-state index in [4.69, 9.17) is 0 Å². The first-order valence-corrected chi connectivity index (χ1v) is 8.22. The molecule has 3 nitrogen and oxygen atoms in total. The molecule has 5 atom stereocenters. The van der Waals surface area contributed by atoms with Crippen LogP contribution in [0.3, 0.4) is 0 Å². The Bertz CT molecular complexity index is 624. The lowest BCUT2D eigenvalue weighted by Crippen LogP contribution is -2.20. The highest BCUT2D eigenvalue weighted by molar-refractivity contribution is 6.00. The first-order valence-electron chi connectivity index (χ1n) is 8.22. The lowest BCUT2D eigenvalue weighted by molar-refractivity contribution is -0.117. The van der Waals surface area contributed by atoms with Crippen LogP contribution < -0.4 is 4.90 Å². The molecule has 3 heteroatoms. The van der Waals surface area contributed by atoms with Gasteiger partial charge in [0.25, 0.3) is 0 Å². The molecule has 3 fully saturated rings. The van der Waals surface area contributed by atoms with Crippen molar-refractivity contribution in [2.24, 2.45) is 29.6 Å². The first-order chi connectivity index (χ1) is 10.1. The summed E-state index contributed by atoms with van der Waals surface area (Å²) in [4.78, 5) is 13.5. The highest BCUT2D eigenvalue weighted by Gasteiger charge is 2.66. The van der Waals surface area contributed by atoms with E-state index in [2.05, 4.69) is 6.07 Å². The molecular formula is C18H21NO2. The average molecular weight is 283 g/mol. The number of hydrogen-bond donors (Lipinski definition) is 1. The van der Waals surface area contributed by atoms with Crippen LogP contribution in [-0.2, 0) is 11.2 Å². The summed E-state index contributed by atoms with van der Waals surface area (Å²) in [7, 11) is 1.83. The highest BCUT2D eigenvalue weighted by Crippen LogP contribution is 2.72. The minimum absolute atomic E-state index is 0.151. The van der Waals surface area contributed by atoms with Gasteiger partial charge in [-0.2, -0.15) is 0 Å². The summed E-state index contributed by atoms with van der Waals surface area (Å²) < 4.78 is 0. The Balaban J connectivity index is 1.42. The minimum Gasteiger partial charge on any atom is -0.388 e. The summed E-state index contributed by atoms with van der Waals surface area (Å²) in [6, 6.07) is 6.09. The Morgan fingerprint density at radius 2 is 1.95 bits per heavy atom. The van der Waals surface area contributed by atoms with Crippen molar-refractivity contribution in [2.45, 2.75) is 31.8 Å². The number of anilines is 1. The van der Waals surface area contributed by atoms with Gasteiger partial charge in [0.1, 0.15) is 0 Å². The molecule has 1 amide bonds. The van der Waals surface area contributed by atoms with Crippen LogP contribution in [0.2, 0.25) is 0 Å². The number of carbonyl (C=O) groups excluding carboxylic acids is 1. The number of fused-ring (bicyclic) bond motifs is 6. The number of hydrogen-bond acceptors (Lipinski definition) is 2. The van der Waals surface area contributed by atoms with E-state index >= 15 is 0 Å². The molecule has 2 bridgehead atoms. The van der Waals surface area contributed by atoms with Crippen molar-refractivity contribution in [3.8, 4) is 0 Å². The van der Waals surface area contributed by atoms with Crippen molar-refractivity contribution in [3.63, 3.8) is 0 Å². The predicted octanol–water partition coefficient (Wildman–Crippen LogP) is 2.53. The fourth-order valence-electron chi connectivity index (χ4n) is 5.71. The SMILES string of the molecule is CN1C(=O)Cc2cc(C(O)C3C4C5CCC(C5)C43)ccc21. The maximum atomic E-state index is 11.8. The highest BCUT2D eigenvalue weighted by atomic mass is 16.3. The van der Waals surface area contributed by atoms with Crippen LogP contribution in [-0.4, -0.2) is 18.1 Å². The second-order valence-corrected chi connectivity index (χ2v) is 7.53. The molecule has 3 aliphatic carbocycles. The zero-order chi connectivity index (χ0) is 14.3. The number of aliphatic hydroxyl groups excluding tert-OH is 1. The largest absolute Gasteiger partial charge is 0.388 e. The molecule has 3 saturated carbocycles. The molecule has 5 rings (SSSR count). The van der Waals surface area contributed by atoms with Crippen LogP contribution >= 0.6 is 0 Å². The van der Waals surface area contributed by atoms with Gasteiger partial charge in [-0.3, -0.25) is 4.79 Å². The third-order valence-electron chi connectivity index (χ3n) is 6.68. The predicted molar refractivity (Wildman–Crippen MR) is 79.8 cm³/mol. The number of nitrogens with zero attached hydrogens (tertiary/aromatic N) is 1. The molecule has 4 aliphatic rings. The zero-order valence-corrected chi connectivity index (χ0v) is 12.3. The van der Waals surface area contributed by atoms with Crippen LogP contribution in [0.5, 0.6) is 0 Å². The Kier molecular flexibility index (Phi) is 2.26. The second kappa shape index (κ2) is 3.89. The van der Waals surface area contributed by atoms with Gasteiger partial charge in [-0.05, 0) is 66.0 Å². The van der Waals surface area contributed by atoms with Gasteiger partial charge in [-0.15, -0.1) is 0 Å². The molecule has 21 heavy (non-hydrogen) atoms. The fraction of sp³-hybridized carbons (Fsp3) is 0.611. The lowest BCUT2D eigenvalue weighted by atomic mass is 9.94. The van der Waals surface area contributed by atoms with Gasteiger partial charge >= 0.3 is 0 Å². The number of amides is 1. The van der Waals surface area contributed by atoms with E-state index in [1.807, 2.05) is 19.2 Å². The lowest BCUT2D eigenvalue weighted by Gasteiger charge is -2.17. The van der Waals surface area contributed by atoms with Crippen molar-refractivity contribution in [1.29, 1.82) is 0 Å². The molecule has 5 unspecified atom stereocenters. The summed E-state index contributed by atoms with van der Waals surface area (Å²) in [5, 5.41) is 10.8. The molecule has 0 saturated heterocycles. The van der Waals surface area contributed by atoms with Gasteiger partial charge in [0.05, 0.1) is 12.5 Å². The fourth-order valence-corrected chi connectivity index (χ4v) is 5.71. The van der Waals surface area contributed by atoms with Gasteiger partial charge in [0.15, 0.2) is 0 Å². The number of carbonyl (C=O) groups is 1. The number of rotatable bonds is 2. The summed E-state index contributed by atoms with van der Waals surface area (Å²) in [5.74, 6) is 4.00. The number of benzene rings is 1. The molecule has 0 aromatic heterocycles. The average Bonchev–Trinajstić information content (AvgIpc) is 2.77. The number of likely N-dealkylation sites (N-methyl/N-ethyl adjacent to an activating group) is 1. The van der Waals surface area contributed by atoms with E-state index in [0.29, 0.717) is 12.3 Å². The van der Waals surface area contributed by atoms with Crippen molar-refractivity contribution < 1.29 is 9.90 Å². The summed E-state index contributed by atoms with van der Waals surface area (Å²) >= 11 is 0. The van der Waals surface area contributed by atoms with E-state index in [0.717, 1.165) is 40.5 Å². The van der Waals surface area contributed by atoms with E-state index in [1.54, 1.807) is 4.90 Å². The standard InChI is InChI=1S/C18H21NO2/c1-19-13-5-4-11(7-12(13)8-14(19)20)18(21)17-15-9-2-3-10(6-9)16(15)17/h4-5,7,9-10,15-18,21H,2-3,6,8H2,1H3. The Morgan fingerprint density at radius 1 is 1.24 bits per heavy atom. The smallest absolute Gasteiger partial charge is 0.231 e. The monoisotopic (exact) mass is 283 g/mol. The van der Waals surface area contributed by atoms with E-state index < -0.39 is 0 Å². The molecule has 1 N–H and O–H groups in total. The summed E-state index contributed by atoms with van der Waals surface area (Å²) in [6.07, 6.45) is 4.35. The molecule has 110 valence electrons. The Morgan fingerprint density at radius 3 is 2.67 bits per heavy atom. The molecule has 1 aliphatic heterocycles. The Hall–Kier alpha value is -1.35. The maximum absolute atomic E-state index is 11.8. The van der Waals surface area contributed by atoms with Crippen LogP contribution in [0.4, 0.5) is 5.69 Å². The van der Waals surface area contributed by atoms with E-state index in [9.17, 15) is 9.90 Å². The van der Waals surface area contributed by atoms with Gasteiger partial charge in [-0.25, -0.2) is 0 Å². The third kappa shape index (κ3) is 1.50. The second-order valence-electron chi connectivity index (χ2n) is 7.53. The van der Waals surface area contributed by atoms with Crippen LogP contribution in [0.1, 0.15) is 36.5 Å². The van der Waals surface area contributed by atoms with Crippen molar-refractivity contribution in [1.82, 2.24) is 0 Å². The normalized spacial score (nSPS) is 40.4. The quantitative estimate of drug-likeness (QED) is 0.906. The van der Waals surface area contributed by atoms with E-state index in [1.165, 1.54) is 19.3 Å². The van der Waals surface area contributed by atoms with Crippen LogP contribution in [0, 0.1) is 29.6 Å². The van der Waals surface area contributed by atoms with Crippen molar-refractivity contribution in [3.05, 3.63) is 29.3 Å². The van der Waals surface area contributed by atoms with Crippen molar-refractivity contribution >= 4 is 11.6 Å². The maximum Gasteiger partial charge on any atom is 0.231 e. The molecule has 1 aromatic carbocycles. The molecule has 1 aromatic rings. The number of aliphatic hydroxyl groups is 1. The molecule has 0 spiro atoms. The molecular weight excluding hydrogens is 262 g/mol.